The lowest BCUT2D eigenvalue weighted by Gasteiger charge is -2.03. The van der Waals surface area contributed by atoms with Gasteiger partial charge in [0.15, 0.2) is 0 Å². The molecule has 0 radical (unpaired) electrons. The van der Waals surface area contributed by atoms with Crippen molar-refractivity contribution in [2.75, 3.05) is 0 Å². The summed E-state index contributed by atoms with van der Waals surface area (Å²) in [5.41, 5.74) is 10.0. The summed E-state index contributed by atoms with van der Waals surface area (Å²) in [6, 6.07) is 24.9. The van der Waals surface area contributed by atoms with Crippen LogP contribution >= 0.6 is 0 Å². The van der Waals surface area contributed by atoms with Crippen molar-refractivity contribution >= 4 is 46.4 Å². The molecule has 2 aliphatic rings. The highest BCUT2D eigenvalue weighted by Crippen LogP contribution is 2.29. The maximum Gasteiger partial charge on any atom is 0.0736 e. The quantitative estimate of drug-likeness (QED) is 0.347. The van der Waals surface area contributed by atoms with Crippen molar-refractivity contribution in [3.05, 3.63) is 95.6 Å². The zero-order chi connectivity index (χ0) is 19.9. The molecule has 0 unspecified atom stereocenters. The molecule has 0 spiro atoms. The Morgan fingerprint density at radius 3 is 1.87 bits per heavy atom. The minimum atomic E-state index is 0.922. The fourth-order valence-corrected chi connectivity index (χ4v) is 3.92. The van der Waals surface area contributed by atoms with E-state index in [9.17, 15) is 0 Å². The summed E-state index contributed by atoms with van der Waals surface area (Å²) in [5.74, 6) is 0. The fraction of sp³-hybridized carbons (Fsp3) is 0. The van der Waals surface area contributed by atoms with Crippen LogP contribution in [0.15, 0.2) is 72.8 Å². The molecule has 0 atom stereocenters. The highest BCUT2D eigenvalue weighted by atomic mass is 14.8. The molecule has 4 nitrogen and oxygen atoms in total. The van der Waals surface area contributed by atoms with Crippen LogP contribution in [0.1, 0.15) is 22.8 Å². The van der Waals surface area contributed by atoms with Crippen molar-refractivity contribution in [1.29, 1.82) is 0 Å². The van der Waals surface area contributed by atoms with Gasteiger partial charge in [0.25, 0.3) is 0 Å². The number of hydrogen-bond donors (Lipinski definition) is 2. The van der Waals surface area contributed by atoms with Gasteiger partial charge >= 0.3 is 0 Å². The molecule has 2 N–H and O–H groups in total. The molecule has 3 aromatic heterocycles. The highest BCUT2D eigenvalue weighted by Gasteiger charge is 2.10. The second-order valence-corrected chi connectivity index (χ2v) is 7.42. The topological polar surface area (TPSA) is 57.4 Å². The molecular formula is C26H18N4. The van der Waals surface area contributed by atoms with Gasteiger partial charge in [-0.25, -0.2) is 9.97 Å². The van der Waals surface area contributed by atoms with E-state index in [1.807, 2.05) is 24.3 Å². The lowest BCUT2D eigenvalue weighted by molar-refractivity contribution is 1.31. The zero-order valence-corrected chi connectivity index (χ0v) is 16.1. The Balaban J connectivity index is 1.73. The minimum Gasteiger partial charge on any atom is -0.355 e. The first-order valence-electron chi connectivity index (χ1n) is 9.93. The third kappa shape index (κ3) is 3.05. The summed E-state index contributed by atoms with van der Waals surface area (Å²) in [5, 5.41) is 0. The third-order valence-electron chi connectivity index (χ3n) is 5.28. The van der Waals surface area contributed by atoms with E-state index in [0.29, 0.717) is 0 Å². The molecular weight excluding hydrogens is 368 g/mol. The summed E-state index contributed by atoms with van der Waals surface area (Å²) in [6.07, 6.45) is 8.20. The summed E-state index contributed by atoms with van der Waals surface area (Å²) >= 11 is 0. The van der Waals surface area contributed by atoms with E-state index in [2.05, 4.69) is 82.8 Å². The van der Waals surface area contributed by atoms with Crippen LogP contribution in [0, 0.1) is 0 Å². The van der Waals surface area contributed by atoms with Crippen molar-refractivity contribution in [1.82, 2.24) is 19.9 Å². The predicted octanol–water partition coefficient (Wildman–Crippen LogP) is 6.32. The number of rotatable bonds is 1. The normalized spacial score (nSPS) is 12.4. The monoisotopic (exact) mass is 386 g/mol. The molecule has 4 aromatic rings. The van der Waals surface area contributed by atoms with Crippen molar-refractivity contribution < 1.29 is 0 Å². The van der Waals surface area contributed by atoms with Gasteiger partial charge in [-0.1, -0.05) is 30.3 Å². The van der Waals surface area contributed by atoms with E-state index in [1.165, 1.54) is 0 Å². The predicted molar refractivity (Wildman–Crippen MR) is 124 cm³/mol. The van der Waals surface area contributed by atoms with Crippen LogP contribution in [0.5, 0.6) is 0 Å². The van der Waals surface area contributed by atoms with Crippen LogP contribution in [0.25, 0.3) is 57.5 Å². The number of hydrogen-bond acceptors (Lipinski definition) is 2. The summed E-state index contributed by atoms with van der Waals surface area (Å²) in [4.78, 5) is 16.6. The fourth-order valence-electron chi connectivity index (χ4n) is 3.92. The Hall–Kier alpha value is -4.18. The number of fused-ring (bicyclic) bond motifs is 8. The molecule has 5 heterocycles. The van der Waals surface area contributed by atoms with E-state index < -0.39 is 0 Å². The SMILES string of the molecule is C1=Cc2cc3ccc([nH]3)c(-c3ccccc3)c3nc(cc4ccc(cc1n2)[nH]4)C=C3. The number of aromatic nitrogens is 4. The largest absolute Gasteiger partial charge is 0.355 e. The van der Waals surface area contributed by atoms with Gasteiger partial charge in [0.2, 0.25) is 0 Å². The van der Waals surface area contributed by atoms with Gasteiger partial charge in [-0.05, 0) is 72.3 Å². The average Bonchev–Trinajstić information content (AvgIpc) is 3.54. The van der Waals surface area contributed by atoms with Crippen LogP contribution in [0.3, 0.4) is 0 Å². The van der Waals surface area contributed by atoms with Gasteiger partial charge < -0.3 is 9.97 Å². The Morgan fingerprint density at radius 1 is 0.533 bits per heavy atom. The molecule has 0 aliphatic carbocycles. The Kier molecular flexibility index (Phi) is 3.74. The Labute approximate surface area is 173 Å². The maximum absolute atomic E-state index is 4.91. The van der Waals surface area contributed by atoms with Crippen LogP contribution in [0.2, 0.25) is 0 Å². The van der Waals surface area contributed by atoms with Gasteiger partial charge in [-0.15, -0.1) is 0 Å². The van der Waals surface area contributed by atoms with Crippen molar-refractivity contribution in [3.8, 4) is 11.1 Å². The third-order valence-corrected chi connectivity index (χ3v) is 5.28. The van der Waals surface area contributed by atoms with Crippen molar-refractivity contribution in [2.24, 2.45) is 0 Å². The van der Waals surface area contributed by atoms with Gasteiger partial charge in [-0.3, -0.25) is 0 Å². The molecule has 0 fully saturated rings. The molecule has 30 heavy (non-hydrogen) atoms. The lowest BCUT2D eigenvalue weighted by Crippen LogP contribution is -1.84. The molecule has 0 saturated carbocycles. The Morgan fingerprint density at radius 2 is 1.13 bits per heavy atom. The van der Waals surface area contributed by atoms with Gasteiger partial charge in [-0.2, -0.15) is 0 Å². The van der Waals surface area contributed by atoms with E-state index in [4.69, 9.17) is 9.97 Å². The van der Waals surface area contributed by atoms with E-state index in [-0.39, 0.29) is 0 Å². The van der Waals surface area contributed by atoms with Crippen LogP contribution in [0.4, 0.5) is 0 Å². The summed E-state index contributed by atoms with van der Waals surface area (Å²) in [7, 11) is 0. The Bertz CT molecular complexity index is 1480. The highest BCUT2D eigenvalue weighted by molar-refractivity contribution is 5.91. The summed E-state index contributed by atoms with van der Waals surface area (Å²) in [6.45, 7) is 0. The lowest BCUT2D eigenvalue weighted by atomic mass is 10.0. The van der Waals surface area contributed by atoms with Crippen LogP contribution < -0.4 is 0 Å². The zero-order valence-electron chi connectivity index (χ0n) is 16.1. The van der Waals surface area contributed by atoms with Gasteiger partial charge in [0.05, 0.1) is 22.8 Å². The maximum atomic E-state index is 4.91. The van der Waals surface area contributed by atoms with Gasteiger partial charge in [0.1, 0.15) is 0 Å². The first-order chi connectivity index (χ1) is 14.8. The summed E-state index contributed by atoms with van der Waals surface area (Å²) < 4.78 is 0. The van der Waals surface area contributed by atoms with E-state index in [0.717, 1.165) is 56.0 Å². The van der Waals surface area contributed by atoms with Gasteiger partial charge in [0, 0.05) is 27.6 Å². The molecule has 8 bridgehead atoms. The number of nitrogens with zero attached hydrogens (tertiary/aromatic N) is 2. The number of aromatic amines is 2. The molecule has 6 rings (SSSR count). The first-order valence-corrected chi connectivity index (χ1v) is 9.93. The molecule has 2 aliphatic heterocycles. The van der Waals surface area contributed by atoms with Crippen molar-refractivity contribution in [3.63, 3.8) is 0 Å². The van der Waals surface area contributed by atoms with Crippen molar-refractivity contribution in [2.45, 2.75) is 0 Å². The second kappa shape index (κ2) is 6.71. The molecule has 4 heteroatoms. The smallest absolute Gasteiger partial charge is 0.0736 e. The number of benzene rings is 1. The second-order valence-electron chi connectivity index (χ2n) is 7.42. The number of H-pyrrole nitrogens is 2. The standard InChI is InChI=1S/C26H18N4/c1-2-4-17(5-3-1)26-24-12-10-22(29-24)15-20-8-6-18(27-20)14-19-7-9-21(28-19)16-23-11-13-25(26)30-23/h1-16,27,30H. The molecule has 0 saturated heterocycles. The van der Waals surface area contributed by atoms with Crippen LogP contribution in [-0.2, 0) is 0 Å². The molecule has 142 valence electrons. The first kappa shape index (κ1) is 16.7. The molecule has 0 amide bonds. The molecule has 1 aromatic carbocycles. The minimum absolute atomic E-state index is 0.922. The van der Waals surface area contributed by atoms with E-state index >= 15 is 0 Å². The average molecular weight is 386 g/mol. The van der Waals surface area contributed by atoms with E-state index in [1.54, 1.807) is 0 Å². The van der Waals surface area contributed by atoms with Crippen LogP contribution in [-0.4, -0.2) is 19.9 Å². The number of nitrogens with one attached hydrogen (secondary N) is 2.